The Morgan fingerprint density at radius 1 is 1.36 bits per heavy atom. The summed E-state index contributed by atoms with van der Waals surface area (Å²) in [5.41, 5.74) is 2.31. The van der Waals surface area contributed by atoms with Crippen molar-refractivity contribution in [2.75, 3.05) is 40.3 Å². The number of nitrogens with one attached hydrogen (secondary N) is 2. The molecule has 134 valence electrons. The highest BCUT2D eigenvalue weighted by atomic mass is 16.2. The van der Waals surface area contributed by atoms with E-state index in [2.05, 4.69) is 16.4 Å². The number of hydrogen-bond donors (Lipinski definition) is 2. The molecule has 25 heavy (non-hydrogen) atoms. The predicted molar refractivity (Wildman–Crippen MR) is 98.3 cm³/mol. The Labute approximate surface area is 148 Å². The number of hydrogen-bond acceptors (Lipinski definition) is 3. The normalized spacial score (nSPS) is 17.6. The molecule has 0 saturated carbocycles. The van der Waals surface area contributed by atoms with Crippen LogP contribution in [0.15, 0.2) is 30.5 Å². The molecule has 2 N–H and O–H groups in total. The lowest BCUT2D eigenvalue weighted by Crippen LogP contribution is -2.36. The Bertz CT molecular complexity index is 753. The predicted octanol–water partition coefficient (Wildman–Crippen LogP) is 1.24. The number of nitrogens with zero attached hydrogens (tertiary/aromatic N) is 2. The zero-order chi connectivity index (χ0) is 17.8. The maximum Gasteiger partial charge on any atom is 0.225 e. The molecule has 1 aliphatic rings. The molecule has 0 aliphatic carbocycles. The van der Waals surface area contributed by atoms with Crippen molar-refractivity contribution in [2.24, 2.45) is 5.92 Å². The summed E-state index contributed by atoms with van der Waals surface area (Å²) in [4.78, 5) is 31.5. The fourth-order valence-corrected chi connectivity index (χ4v) is 3.29. The number of carbonyl (C=O) groups excluding carboxylic acids is 2. The number of amides is 2. The second-order valence-corrected chi connectivity index (χ2v) is 6.94. The standard InChI is InChI=1S/C19H26N4O2/c1-22(2)9-10-23-13-15(11-18(23)24)19(25)20-8-7-14-12-21-17-6-4-3-5-16(14)17/h3-6,12,15,21H,7-11,13H2,1-2H3,(H,20,25). The fourth-order valence-electron chi connectivity index (χ4n) is 3.29. The highest BCUT2D eigenvalue weighted by Gasteiger charge is 2.33. The van der Waals surface area contributed by atoms with E-state index in [4.69, 9.17) is 0 Å². The molecule has 1 atom stereocenters. The molecule has 2 heterocycles. The summed E-state index contributed by atoms with van der Waals surface area (Å²) in [6.45, 7) is 2.63. The van der Waals surface area contributed by atoms with Crippen LogP contribution in [0.25, 0.3) is 10.9 Å². The molecule has 2 aromatic rings. The number of benzene rings is 1. The number of rotatable bonds is 7. The largest absolute Gasteiger partial charge is 0.361 e. The van der Waals surface area contributed by atoms with E-state index in [-0.39, 0.29) is 17.7 Å². The molecule has 1 unspecified atom stereocenters. The van der Waals surface area contributed by atoms with E-state index < -0.39 is 0 Å². The SMILES string of the molecule is CN(C)CCN1CC(C(=O)NCCc2c[nH]c3ccccc23)CC1=O. The molecule has 1 aromatic carbocycles. The third-order valence-corrected chi connectivity index (χ3v) is 4.77. The first-order valence-corrected chi connectivity index (χ1v) is 8.80. The van der Waals surface area contributed by atoms with Gasteiger partial charge in [0.2, 0.25) is 11.8 Å². The van der Waals surface area contributed by atoms with Gasteiger partial charge in [0.15, 0.2) is 0 Å². The molecular weight excluding hydrogens is 316 g/mol. The summed E-state index contributed by atoms with van der Waals surface area (Å²) in [5.74, 6) is -0.156. The van der Waals surface area contributed by atoms with Crippen LogP contribution >= 0.6 is 0 Å². The third-order valence-electron chi connectivity index (χ3n) is 4.77. The summed E-state index contributed by atoms with van der Waals surface area (Å²) in [6.07, 6.45) is 3.10. The van der Waals surface area contributed by atoms with E-state index in [1.54, 1.807) is 4.90 Å². The van der Waals surface area contributed by atoms with Crippen molar-refractivity contribution in [2.45, 2.75) is 12.8 Å². The molecule has 6 nitrogen and oxygen atoms in total. The summed E-state index contributed by atoms with van der Waals surface area (Å²) in [6, 6.07) is 8.15. The summed E-state index contributed by atoms with van der Waals surface area (Å²) < 4.78 is 0. The lowest BCUT2D eigenvalue weighted by molar-refractivity contribution is -0.129. The van der Waals surface area contributed by atoms with E-state index >= 15 is 0 Å². The van der Waals surface area contributed by atoms with Gasteiger partial charge in [-0.05, 0) is 32.1 Å². The van der Waals surface area contributed by atoms with Gasteiger partial charge in [0.1, 0.15) is 0 Å². The summed E-state index contributed by atoms with van der Waals surface area (Å²) in [5, 5.41) is 4.19. The van der Waals surface area contributed by atoms with E-state index in [9.17, 15) is 9.59 Å². The van der Waals surface area contributed by atoms with Crippen LogP contribution in [0.1, 0.15) is 12.0 Å². The van der Waals surface area contributed by atoms with Gasteiger partial charge in [-0.2, -0.15) is 0 Å². The number of H-pyrrole nitrogens is 1. The Balaban J connectivity index is 1.47. The fraction of sp³-hybridized carbons (Fsp3) is 0.474. The average molecular weight is 342 g/mol. The molecular formula is C19H26N4O2. The highest BCUT2D eigenvalue weighted by Crippen LogP contribution is 2.19. The molecule has 1 aliphatic heterocycles. The van der Waals surface area contributed by atoms with Gasteiger partial charge >= 0.3 is 0 Å². The number of carbonyl (C=O) groups is 2. The van der Waals surface area contributed by atoms with E-state index in [0.717, 1.165) is 18.5 Å². The number of para-hydroxylation sites is 1. The Morgan fingerprint density at radius 2 is 2.16 bits per heavy atom. The third kappa shape index (κ3) is 4.20. The number of aromatic amines is 1. The van der Waals surface area contributed by atoms with Gasteiger partial charge in [-0.15, -0.1) is 0 Å². The van der Waals surface area contributed by atoms with Crippen LogP contribution in [-0.4, -0.2) is 66.9 Å². The van der Waals surface area contributed by atoms with E-state index in [1.807, 2.05) is 43.4 Å². The molecule has 2 amide bonds. The smallest absolute Gasteiger partial charge is 0.225 e. The van der Waals surface area contributed by atoms with Crippen LogP contribution in [0.5, 0.6) is 0 Å². The minimum atomic E-state index is -0.224. The summed E-state index contributed by atoms with van der Waals surface area (Å²) in [7, 11) is 3.96. The van der Waals surface area contributed by atoms with Crippen molar-refractivity contribution in [3.05, 3.63) is 36.0 Å². The van der Waals surface area contributed by atoms with Crippen LogP contribution in [0, 0.1) is 5.92 Å². The lowest BCUT2D eigenvalue weighted by Gasteiger charge is -2.19. The minimum Gasteiger partial charge on any atom is -0.361 e. The number of fused-ring (bicyclic) bond motifs is 1. The van der Waals surface area contributed by atoms with Gasteiger partial charge in [0.05, 0.1) is 5.92 Å². The Hall–Kier alpha value is -2.34. The lowest BCUT2D eigenvalue weighted by atomic mass is 10.1. The zero-order valence-corrected chi connectivity index (χ0v) is 14.9. The molecule has 1 aromatic heterocycles. The van der Waals surface area contributed by atoms with Gasteiger partial charge < -0.3 is 20.1 Å². The van der Waals surface area contributed by atoms with Gasteiger partial charge in [-0.1, -0.05) is 18.2 Å². The van der Waals surface area contributed by atoms with Crippen molar-refractivity contribution in [1.82, 2.24) is 20.1 Å². The van der Waals surface area contributed by atoms with Crippen molar-refractivity contribution in [3.8, 4) is 0 Å². The first-order chi connectivity index (χ1) is 12.0. The van der Waals surface area contributed by atoms with Crippen molar-refractivity contribution in [3.63, 3.8) is 0 Å². The first-order valence-electron chi connectivity index (χ1n) is 8.80. The second kappa shape index (κ2) is 7.70. The van der Waals surface area contributed by atoms with Crippen LogP contribution in [0.3, 0.4) is 0 Å². The van der Waals surface area contributed by atoms with E-state index in [0.29, 0.717) is 26.1 Å². The van der Waals surface area contributed by atoms with Crippen molar-refractivity contribution < 1.29 is 9.59 Å². The average Bonchev–Trinajstić information content (AvgIpc) is 3.17. The van der Waals surface area contributed by atoms with Crippen LogP contribution in [-0.2, 0) is 16.0 Å². The molecule has 1 saturated heterocycles. The zero-order valence-electron chi connectivity index (χ0n) is 14.9. The maximum atomic E-state index is 12.4. The molecule has 0 spiro atoms. The van der Waals surface area contributed by atoms with Crippen LogP contribution in [0.2, 0.25) is 0 Å². The van der Waals surface area contributed by atoms with Crippen molar-refractivity contribution in [1.29, 1.82) is 0 Å². The van der Waals surface area contributed by atoms with E-state index in [1.165, 1.54) is 10.9 Å². The molecule has 0 radical (unpaired) electrons. The quantitative estimate of drug-likeness (QED) is 0.795. The first kappa shape index (κ1) is 17.5. The van der Waals surface area contributed by atoms with Gasteiger partial charge in [-0.25, -0.2) is 0 Å². The van der Waals surface area contributed by atoms with Crippen LogP contribution in [0.4, 0.5) is 0 Å². The summed E-state index contributed by atoms with van der Waals surface area (Å²) >= 11 is 0. The van der Waals surface area contributed by atoms with Crippen LogP contribution < -0.4 is 5.32 Å². The maximum absolute atomic E-state index is 12.4. The Morgan fingerprint density at radius 3 is 2.96 bits per heavy atom. The minimum absolute atomic E-state index is 0.0134. The number of likely N-dealkylation sites (N-methyl/N-ethyl adjacent to an activating group) is 1. The monoisotopic (exact) mass is 342 g/mol. The molecule has 1 fully saturated rings. The second-order valence-electron chi connectivity index (χ2n) is 6.94. The topological polar surface area (TPSA) is 68.4 Å². The highest BCUT2D eigenvalue weighted by molar-refractivity contribution is 5.89. The number of aromatic nitrogens is 1. The Kier molecular flexibility index (Phi) is 5.38. The van der Waals surface area contributed by atoms with Crippen molar-refractivity contribution >= 4 is 22.7 Å². The molecule has 3 rings (SSSR count). The number of likely N-dealkylation sites (tertiary alicyclic amines) is 1. The molecule has 0 bridgehead atoms. The van der Waals surface area contributed by atoms with Gasteiger partial charge in [-0.3, -0.25) is 9.59 Å². The molecule has 6 heteroatoms. The van der Waals surface area contributed by atoms with Gasteiger partial charge in [0, 0.05) is 49.7 Å². The van der Waals surface area contributed by atoms with Gasteiger partial charge in [0.25, 0.3) is 0 Å².